The number of nitrogens with one attached hydrogen (secondary N) is 1. The predicted molar refractivity (Wildman–Crippen MR) is 58.6 cm³/mol. The summed E-state index contributed by atoms with van der Waals surface area (Å²) in [5.74, 6) is -3.47. The molecule has 8 heteroatoms. The molecule has 1 aromatic rings. The molecule has 0 radical (unpaired) electrons. The molecule has 0 unspecified atom stereocenters. The molecule has 5 N–H and O–H groups in total. The van der Waals surface area contributed by atoms with Gasteiger partial charge < -0.3 is 21.3 Å². The second kappa shape index (κ2) is 5.62. The lowest BCUT2D eigenvalue weighted by Crippen LogP contribution is -2.43. The first-order valence-corrected chi connectivity index (χ1v) is 4.86. The van der Waals surface area contributed by atoms with Crippen molar-refractivity contribution in [2.45, 2.75) is 12.5 Å². The molecule has 0 aliphatic carbocycles. The molecule has 0 bridgehead atoms. The van der Waals surface area contributed by atoms with Crippen LogP contribution in [0.5, 0.6) is 5.75 Å². The molecule has 0 aliphatic heterocycles. The summed E-state index contributed by atoms with van der Waals surface area (Å²) in [6.07, 6.45) is 1.77. The third-order valence-electron chi connectivity index (χ3n) is 2.05. The van der Waals surface area contributed by atoms with Crippen LogP contribution in [0.3, 0.4) is 0 Å². The fraction of sp³-hybridized carbons (Fsp3) is 0.200. The maximum Gasteiger partial charge on any atom is 0.326 e. The van der Waals surface area contributed by atoms with Gasteiger partial charge in [-0.3, -0.25) is 14.6 Å². The number of aromatic hydroxyl groups is 1. The summed E-state index contributed by atoms with van der Waals surface area (Å²) >= 11 is 0. The summed E-state index contributed by atoms with van der Waals surface area (Å²) in [6, 6.07) is -0.226. The topological polar surface area (TPSA) is 143 Å². The van der Waals surface area contributed by atoms with Crippen LogP contribution >= 0.6 is 0 Å². The summed E-state index contributed by atoms with van der Waals surface area (Å²) in [5.41, 5.74) is 4.72. The van der Waals surface area contributed by atoms with Crippen molar-refractivity contribution >= 4 is 17.8 Å². The Labute approximate surface area is 101 Å². The number of hydrogen-bond donors (Lipinski definition) is 4. The Morgan fingerprint density at radius 2 is 2.11 bits per heavy atom. The van der Waals surface area contributed by atoms with Crippen molar-refractivity contribution in [1.29, 1.82) is 0 Å². The molecule has 0 spiro atoms. The standard InChI is InChI=1S/C10H11N3O5/c11-8(15)3-6(10(17)18)13-9(16)5-1-2-12-4-7(5)14/h1-2,4,6,14H,3H2,(H2,11,15)(H,13,16)(H,17,18)/t6-/m0/s1. The molecule has 0 aliphatic rings. The number of aliphatic carboxylic acids is 1. The van der Waals surface area contributed by atoms with E-state index in [9.17, 15) is 19.5 Å². The van der Waals surface area contributed by atoms with E-state index in [-0.39, 0.29) is 5.56 Å². The molecule has 1 atom stereocenters. The lowest BCUT2D eigenvalue weighted by atomic mass is 10.1. The SMILES string of the molecule is NC(=O)C[C@H](NC(=O)c1ccncc1O)C(=O)O. The number of carbonyl (C=O) groups excluding carboxylic acids is 2. The number of nitrogens with two attached hydrogens (primary N) is 1. The molecule has 1 heterocycles. The van der Waals surface area contributed by atoms with Gasteiger partial charge in [-0.25, -0.2) is 4.79 Å². The average molecular weight is 253 g/mol. The quantitative estimate of drug-likeness (QED) is 0.521. The zero-order chi connectivity index (χ0) is 13.7. The van der Waals surface area contributed by atoms with Gasteiger partial charge in [0.1, 0.15) is 11.8 Å². The van der Waals surface area contributed by atoms with E-state index in [2.05, 4.69) is 10.3 Å². The van der Waals surface area contributed by atoms with Gasteiger partial charge in [0.2, 0.25) is 5.91 Å². The van der Waals surface area contributed by atoms with Crippen molar-refractivity contribution in [2.75, 3.05) is 0 Å². The first kappa shape index (κ1) is 13.4. The molecule has 0 saturated carbocycles. The fourth-order valence-electron chi connectivity index (χ4n) is 1.22. The van der Waals surface area contributed by atoms with Gasteiger partial charge in [-0.1, -0.05) is 0 Å². The number of pyridine rings is 1. The summed E-state index contributed by atoms with van der Waals surface area (Å²) in [5, 5.41) is 20.2. The Morgan fingerprint density at radius 1 is 1.44 bits per heavy atom. The van der Waals surface area contributed by atoms with Crippen LogP contribution in [0.15, 0.2) is 18.5 Å². The molecule has 0 saturated heterocycles. The molecule has 96 valence electrons. The van der Waals surface area contributed by atoms with Crippen LogP contribution in [-0.2, 0) is 9.59 Å². The third-order valence-corrected chi connectivity index (χ3v) is 2.05. The zero-order valence-corrected chi connectivity index (χ0v) is 9.16. The number of nitrogens with zero attached hydrogens (tertiary/aromatic N) is 1. The summed E-state index contributed by atoms with van der Waals surface area (Å²) < 4.78 is 0. The van der Waals surface area contributed by atoms with Gasteiger partial charge in [0.15, 0.2) is 0 Å². The van der Waals surface area contributed by atoms with Crippen molar-refractivity contribution in [3.63, 3.8) is 0 Å². The van der Waals surface area contributed by atoms with E-state index in [4.69, 9.17) is 10.8 Å². The van der Waals surface area contributed by atoms with Gasteiger partial charge in [0.05, 0.1) is 18.2 Å². The molecular formula is C10H11N3O5. The minimum atomic E-state index is -1.44. The maximum atomic E-state index is 11.6. The summed E-state index contributed by atoms with van der Waals surface area (Å²) in [6.45, 7) is 0. The van der Waals surface area contributed by atoms with E-state index >= 15 is 0 Å². The summed E-state index contributed by atoms with van der Waals surface area (Å²) in [4.78, 5) is 36.7. The molecule has 1 rings (SSSR count). The van der Waals surface area contributed by atoms with Crippen molar-refractivity contribution in [2.24, 2.45) is 5.73 Å². The van der Waals surface area contributed by atoms with Crippen LogP contribution in [-0.4, -0.2) is 39.0 Å². The number of carbonyl (C=O) groups is 3. The lowest BCUT2D eigenvalue weighted by molar-refractivity contribution is -0.140. The maximum absolute atomic E-state index is 11.6. The van der Waals surface area contributed by atoms with Crippen molar-refractivity contribution < 1.29 is 24.6 Å². The van der Waals surface area contributed by atoms with Gasteiger partial charge in [-0.2, -0.15) is 0 Å². The van der Waals surface area contributed by atoms with Crippen LogP contribution in [0.4, 0.5) is 0 Å². The Hall–Kier alpha value is -2.64. The number of carboxylic acid groups (broad SMARTS) is 1. The zero-order valence-electron chi connectivity index (χ0n) is 9.16. The molecule has 0 fully saturated rings. The number of aromatic nitrogens is 1. The molecule has 1 aromatic heterocycles. The van der Waals surface area contributed by atoms with E-state index < -0.39 is 36.0 Å². The Morgan fingerprint density at radius 3 is 2.61 bits per heavy atom. The van der Waals surface area contributed by atoms with Crippen LogP contribution in [0.1, 0.15) is 16.8 Å². The Balaban J connectivity index is 2.82. The van der Waals surface area contributed by atoms with Gasteiger partial charge in [-0.05, 0) is 6.07 Å². The van der Waals surface area contributed by atoms with Crippen LogP contribution in [0.2, 0.25) is 0 Å². The lowest BCUT2D eigenvalue weighted by Gasteiger charge is -2.13. The highest BCUT2D eigenvalue weighted by atomic mass is 16.4. The smallest absolute Gasteiger partial charge is 0.326 e. The molecular weight excluding hydrogens is 242 g/mol. The van der Waals surface area contributed by atoms with E-state index in [0.717, 1.165) is 6.20 Å². The molecule has 18 heavy (non-hydrogen) atoms. The van der Waals surface area contributed by atoms with Gasteiger partial charge in [0, 0.05) is 6.20 Å². The first-order chi connectivity index (χ1) is 8.41. The normalized spacial score (nSPS) is 11.6. The highest BCUT2D eigenvalue weighted by Crippen LogP contribution is 2.13. The molecule has 0 aromatic carbocycles. The number of rotatable bonds is 5. The minimum absolute atomic E-state index is 0.138. The third kappa shape index (κ3) is 3.44. The first-order valence-electron chi connectivity index (χ1n) is 4.86. The molecule has 2 amide bonds. The average Bonchev–Trinajstić information content (AvgIpc) is 2.27. The van der Waals surface area contributed by atoms with Crippen LogP contribution in [0.25, 0.3) is 0 Å². The largest absolute Gasteiger partial charge is 0.505 e. The van der Waals surface area contributed by atoms with Crippen LogP contribution < -0.4 is 11.1 Å². The van der Waals surface area contributed by atoms with Crippen molar-refractivity contribution in [3.8, 4) is 5.75 Å². The second-order valence-corrected chi connectivity index (χ2v) is 3.43. The van der Waals surface area contributed by atoms with E-state index in [1.165, 1.54) is 12.3 Å². The van der Waals surface area contributed by atoms with Gasteiger partial charge in [0.25, 0.3) is 5.91 Å². The molecule has 8 nitrogen and oxygen atoms in total. The van der Waals surface area contributed by atoms with E-state index in [1.807, 2.05) is 0 Å². The predicted octanol–water partition coefficient (Wildman–Crippen LogP) is -1.15. The minimum Gasteiger partial charge on any atom is -0.505 e. The highest BCUT2D eigenvalue weighted by Gasteiger charge is 2.23. The number of hydrogen-bond acceptors (Lipinski definition) is 5. The van der Waals surface area contributed by atoms with Crippen molar-refractivity contribution in [3.05, 3.63) is 24.0 Å². The number of amides is 2. The Kier molecular flexibility index (Phi) is 4.19. The van der Waals surface area contributed by atoms with E-state index in [0.29, 0.717) is 0 Å². The number of carboxylic acids is 1. The fourth-order valence-corrected chi connectivity index (χ4v) is 1.22. The summed E-state index contributed by atoms with van der Waals surface area (Å²) in [7, 11) is 0. The van der Waals surface area contributed by atoms with Gasteiger partial charge >= 0.3 is 5.97 Å². The second-order valence-electron chi connectivity index (χ2n) is 3.43. The highest BCUT2D eigenvalue weighted by molar-refractivity contribution is 5.99. The van der Waals surface area contributed by atoms with Gasteiger partial charge in [-0.15, -0.1) is 0 Å². The van der Waals surface area contributed by atoms with Crippen LogP contribution in [0, 0.1) is 0 Å². The van der Waals surface area contributed by atoms with E-state index in [1.54, 1.807) is 0 Å². The Bertz CT molecular complexity index is 488. The monoisotopic (exact) mass is 253 g/mol. The number of primary amides is 1. The van der Waals surface area contributed by atoms with Crippen molar-refractivity contribution in [1.82, 2.24) is 10.3 Å².